The van der Waals surface area contributed by atoms with Crippen molar-refractivity contribution >= 4 is 5.91 Å². The molecule has 1 atom stereocenters. The smallest absolute Gasteiger partial charge is 0.226 e. The number of nitrogens with one attached hydrogen (secondary N) is 2. The minimum atomic E-state index is -0.0961. The average molecular weight is 254 g/mol. The van der Waals surface area contributed by atoms with Crippen molar-refractivity contribution in [3.8, 4) is 0 Å². The molecule has 0 aliphatic carbocycles. The molecule has 1 unspecified atom stereocenters. The van der Waals surface area contributed by atoms with Crippen LogP contribution in [0.25, 0.3) is 0 Å². The fraction of sp³-hybridized carbons (Fsp3) is 0.933. The zero-order valence-electron chi connectivity index (χ0n) is 12.3. The van der Waals surface area contributed by atoms with Gasteiger partial charge in [0.05, 0.1) is 5.41 Å². The topological polar surface area (TPSA) is 41.1 Å². The van der Waals surface area contributed by atoms with Gasteiger partial charge in [0.1, 0.15) is 0 Å². The number of carbonyl (C=O) groups excluding carboxylic acids is 1. The van der Waals surface area contributed by atoms with E-state index in [1.165, 1.54) is 0 Å². The average Bonchev–Trinajstić information content (AvgIpc) is 2.39. The van der Waals surface area contributed by atoms with E-state index in [1.54, 1.807) is 0 Å². The summed E-state index contributed by atoms with van der Waals surface area (Å²) in [5, 5.41) is 6.66. The Morgan fingerprint density at radius 3 is 2.39 bits per heavy atom. The first kappa shape index (κ1) is 15.5. The number of hydrogen-bond acceptors (Lipinski definition) is 2. The third-order valence-electron chi connectivity index (χ3n) is 4.24. The predicted molar refractivity (Wildman–Crippen MR) is 76.6 cm³/mol. The first-order valence-electron chi connectivity index (χ1n) is 7.70. The van der Waals surface area contributed by atoms with Gasteiger partial charge >= 0.3 is 0 Å². The highest BCUT2D eigenvalue weighted by atomic mass is 16.2. The minimum absolute atomic E-state index is 0.0961. The molecule has 3 nitrogen and oxygen atoms in total. The maximum absolute atomic E-state index is 12.6. The highest BCUT2D eigenvalue weighted by molar-refractivity contribution is 5.83. The van der Waals surface area contributed by atoms with Crippen LogP contribution in [0.5, 0.6) is 0 Å². The third kappa shape index (κ3) is 3.98. The van der Waals surface area contributed by atoms with Crippen molar-refractivity contribution in [1.82, 2.24) is 10.6 Å². The van der Waals surface area contributed by atoms with Gasteiger partial charge in [0, 0.05) is 6.04 Å². The van der Waals surface area contributed by atoms with Gasteiger partial charge in [0.15, 0.2) is 0 Å². The molecule has 1 aliphatic heterocycles. The molecule has 0 aromatic carbocycles. The van der Waals surface area contributed by atoms with Gasteiger partial charge < -0.3 is 10.6 Å². The number of piperidine rings is 1. The van der Waals surface area contributed by atoms with Crippen LogP contribution in [0.1, 0.15) is 65.7 Å². The number of amides is 1. The zero-order valence-corrected chi connectivity index (χ0v) is 12.3. The lowest BCUT2D eigenvalue weighted by Gasteiger charge is -2.37. The van der Waals surface area contributed by atoms with E-state index in [9.17, 15) is 4.79 Å². The Morgan fingerprint density at radius 1 is 1.22 bits per heavy atom. The Labute approximate surface area is 112 Å². The number of rotatable bonds is 7. The van der Waals surface area contributed by atoms with E-state index in [2.05, 4.69) is 31.4 Å². The van der Waals surface area contributed by atoms with Crippen LogP contribution in [0.3, 0.4) is 0 Å². The molecule has 0 radical (unpaired) electrons. The fourth-order valence-corrected chi connectivity index (χ4v) is 3.04. The molecule has 0 saturated carbocycles. The lowest BCUT2D eigenvalue weighted by molar-refractivity contribution is -0.134. The molecular weight excluding hydrogens is 224 g/mol. The van der Waals surface area contributed by atoms with E-state index in [4.69, 9.17) is 0 Å². The quantitative estimate of drug-likeness (QED) is 0.733. The maximum atomic E-state index is 12.6. The monoisotopic (exact) mass is 254 g/mol. The van der Waals surface area contributed by atoms with Crippen LogP contribution in [0.15, 0.2) is 0 Å². The van der Waals surface area contributed by atoms with Crippen LogP contribution in [-0.2, 0) is 4.79 Å². The molecule has 1 heterocycles. The second-order valence-corrected chi connectivity index (χ2v) is 5.65. The Kier molecular flexibility index (Phi) is 6.69. The lowest BCUT2D eigenvalue weighted by Crippen LogP contribution is -2.50. The van der Waals surface area contributed by atoms with E-state index in [0.717, 1.165) is 58.0 Å². The van der Waals surface area contributed by atoms with E-state index in [1.807, 2.05) is 0 Å². The molecule has 3 heteroatoms. The molecule has 1 rings (SSSR count). The summed E-state index contributed by atoms with van der Waals surface area (Å²) in [5.74, 6) is 0.311. The van der Waals surface area contributed by atoms with Crippen molar-refractivity contribution in [2.24, 2.45) is 5.41 Å². The van der Waals surface area contributed by atoms with Gasteiger partial charge in [-0.3, -0.25) is 4.79 Å². The van der Waals surface area contributed by atoms with E-state index in [0.29, 0.717) is 11.9 Å². The highest BCUT2D eigenvalue weighted by Gasteiger charge is 2.38. The summed E-state index contributed by atoms with van der Waals surface area (Å²) >= 11 is 0. The van der Waals surface area contributed by atoms with Gasteiger partial charge in [-0.1, -0.05) is 33.6 Å². The van der Waals surface area contributed by atoms with Crippen molar-refractivity contribution < 1.29 is 4.79 Å². The number of hydrogen-bond donors (Lipinski definition) is 2. The Bertz CT molecular complexity index is 241. The summed E-state index contributed by atoms with van der Waals surface area (Å²) < 4.78 is 0. The molecule has 106 valence electrons. The van der Waals surface area contributed by atoms with Crippen LogP contribution in [0, 0.1) is 5.41 Å². The first-order valence-corrected chi connectivity index (χ1v) is 7.70. The molecule has 0 bridgehead atoms. The predicted octanol–water partition coefficient (Wildman–Crippen LogP) is 2.85. The van der Waals surface area contributed by atoms with Gasteiger partial charge in [0.25, 0.3) is 0 Å². The SMILES string of the molecule is CCCC(CC)NC(=O)C1(CCC)CCNCC1. The third-order valence-corrected chi connectivity index (χ3v) is 4.24. The van der Waals surface area contributed by atoms with Gasteiger partial charge in [-0.15, -0.1) is 0 Å². The molecule has 0 aromatic heterocycles. The molecule has 1 aliphatic rings. The lowest BCUT2D eigenvalue weighted by atomic mass is 9.74. The standard InChI is InChI=1S/C15H30N2O/c1-4-7-13(6-3)17-14(18)15(8-5-2)9-11-16-12-10-15/h13,16H,4-12H2,1-3H3,(H,17,18). The Morgan fingerprint density at radius 2 is 1.89 bits per heavy atom. The Balaban J connectivity index is 2.63. The maximum Gasteiger partial charge on any atom is 0.226 e. The second kappa shape index (κ2) is 7.78. The van der Waals surface area contributed by atoms with Crippen molar-refractivity contribution in [3.63, 3.8) is 0 Å². The fourth-order valence-electron chi connectivity index (χ4n) is 3.04. The van der Waals surface area contributed by atoms with Crippen molar-refractivity contribution in [1.29, 1.82) is 0 Å². The van der Waals surface area contributed by atoms with Gasteiger partial charge in [0.2, 0.25) is 5.91 Å². The van der Waals surface area contributed by atoms with Crippen LogP contribution in [0.2, 0.25) is 0 Å². The normalized spacial score (nSPS) is 20.4. The van der Waals surface area contributed by atoms with Crippen LogP contribution in [-0.4, -0.2) is 25.0 Å². The molecule has 18 heavy (non-hydrogen) atoms. The summed E-state index contributed by atoms with van der Waals surface area (Å²) in [6, 6.07) is 0.367. The highest BCUT2D eigenvalue weighted by Crippen LogP contribution is 2.34. The summed E-state index contributed by atoms with van der Waals surface area (Å²) in [5.41, 5.74) is -0.0961. The largest absolute Gasteiger partial charge is 0.353 e. The van der Waals surface area contributed by atoms with Gasteiger partial charge in [-0.05, 0) is 45.2 Å². The molecule has 0 aromatic rings. The van der Waals surface area contributed by atoms with Gasteiger partial charge in [-0.2, -0.15) is 0 Å². The van der Waals surface area contributed by atoms with Gasteiger partial charge in [-0.25, -0.2) is 0 Å². The van der Waals surface area contributed by atoms with Crippen LogP contribution in [0.4, 0.5) is 0 Å². The molecule has 1 saturated heterocycles. The summed E-state index contributed by atoms with van der Waals surface area (Å²) in [6.07, 6.45) is 7.40. The summed E-state index contributed by atoms with van der Waals surface area (Å²) in [4.78, 5) is 12.6. The summed E-state index contributed by atoms with van der Waals surface area (Å²) in [6.45, 7) is 8.49. The molecule has 1 fully saturated rings. The first-order chi connectivity index (χ1) is 8.68. The van der Waals surface area contributed by atoms with E-state index >= 15 is 0 Å². The van der Waals surface area contributed by atoms with E-state index in [-0.39, 0.29) is 5.41 Å². The van der Waals surface area contributed by atoms with Crippen molar-refractivity contribution in [2.75, 3.05) is 13.1 Å². The second-order valence-electron chi connectivity index (χ2n) is 5.65. The molecule has 2 N–H and O–H groups in total. The van der Waals surface area contributed by atoms with Crippen molar-refractivity contribution in [2.45, 2.75) is 71.8 Å². The summed E-state index contributed by atoms with van der Waals surface area (Å²) in [7, 11) is 0. The molecule has 1 amide bonds. The molecular formula is C15H30N2O. The molecule has 0 spiro atoms. The van der Waals surface area contributed by atoms with E-state index < -0.39 is 0 Å². The number of carbonyl (C=O) groups is 1. The van der Waals surface area contributed by atoms with Crippen molar-refractivity contribution in [3.05, 3.63) is 0 Å². The van der Waals surface area contributed by atoms with Crippen LogP contribution < -0.4 is 10.6 Å². The zero-order chi connectivity index (χ0) is 13.4. The Hall–Kier alpha value is -0.570. The van der Waals surface area contributed by atoms with Crippen LogP contribution >= 0.6 is 0 Å². The minimum Gasteiger partial charge on any atom is -0.353 e.